The second kappa shape index (κ2) is 6.24. The molecule has 0 aromatic carbocycles. The van der Waals surface area contributed by atoms with Gasteiger partial charge in [-0.2, -0.15) is 0 Å². The minimum atomic E-state index is -1.13. The molecule has 1 amide bonds. The van der Waals surface area contributed by atoms with Crippen LogP contribution in [0.5, 0.6) is 0 Å². The van der Waals surface area contributed by atoms with Crippen molar-refractivity contribution < 1.29 is 14.7 Å². The van der Waals surface area contributed by atoms with Crippen molar-refractivity contribution in [1.82, 2.24) is 10.3 Å². The molecule has 5 heteroatoms. The molecule has 114 valence electrons. The first-order valence-corrected chi connectivity index (χ1v) is 7.39. The molecule has 5 nitrogen and oxygen atoms in total. The van der Waals surface area contributed by atoms with Crippen molar-refractivity contribution in [2.24, 2.45) is 11.3 Å². The summed E-state index contributed by atoms with van der Waals surface area (Å²) in [5.41, 5.74) is 0.469. The van der Waals surface area contributed by atoms with E-state index >= 15 is 0 Å². The van der Waals surface area contributed by atoms with Crippen LogP contribution in [0, 0.1) is 11.3 Å². The summed E-state index contributed by atoms with van der Waals surface area (Å²) < 4.78 is 0. The summed E-state index contributed by atoms with van der Waals surface area (Å²) in [5, 5.41) is 11.9. The van der Waals surface area contributed by atoms with Crippen LogP contribution in [0.2, 0.25) is 0 Å². The normalized spacial score (nSPS) is 16.3. The Morgan fingerprint density at radius 2 is 2.14 bits per heavy atom. The van der Waals surface area contributed by atoms with E-state index in [0.29, 0.717) is 18.0 Å². The lowest BCUT2D eigenvalue weighted by Crippen LogP contribution is -2.43. The number of carbonyl (C=O) groups excluding carboxylic acids is 1. The third-order valence-corrected chi connectivity index (χ3v) is 4.12. The van der Waals surface area contributed by atoms with Gasteiger partial charge in [-0.25, -0.2) is 9.78 Å². The number of carboxylic acids is 1. The number of carboxylic acid groups (broad SMARTS) is 1. The number of aromatic nitrogens is 1. The monoisotopic (exact) mass is 290 g/mol. The molecule has 2 N–H and O–H groups in total. The van der Waals surface area contributed by atoms with Gasteiger partial charge in [-0.3, -0.25) is 4.79 Å². The van der Waals surface area contributed by atoms with Crippen molar-refractivity contribution in [1.29, 1.82) is 0 Å². The Morgan fingerprint density at radius 3 is 2.67 bits per heavy atom. The van der Waals surface area contributed by atoms with Crippen molar-refractivity contribution in [3.63, 3.8) is 0 Å². The zero-order chi connectivity index (χ0) is 15.5. The molecule has 1 aromatic rings. The van der Waals surface area contributed by atoms with Crippen molar-refractivity contribution in [2.75, 3.05) is 6.54 Å². The average molecular weight is 290 g/mol. The molecule has 1 heterocycles. The highest BCUT2D eigenvalue weighted by atomic mass is 16.4. The molecule has 0 saturated heterocycles. The van der Waals surface area contributed by atoms with Crippen LogP contribution in [0.25, 0.3) is 0 Å². The number of hydrogen-bond donors (Lipinski definition) is 2. The number of hydrogen-bond acceptors (Lipinski definition) is 3. The number of pyridine rings is 1. The van der Waals surface area contributed by atoms with Gasteiger partial charge in [0.1, 0.15) is 5.69 Å². The van der Waals surface area contributed by atoms with Gasteiger partial charge < -0.3 is 10.4 Å². The maximum Gasteiger partial charge on any atom is 0.354 e. The molecule has 2 rings (SSSR count). The molecule has 0 unspecified atom stereocenters. The first-order valence-electron chi connectivity index (χ1n) is 7.39. The SMILES string of the molecule is CC(C)CC1(CNC(=O)c2ccnc(C(=O)O)c2)CCC1. The van der Waals surface area contributed by atoms with Crippen molar-refractivity contribution >= 4 is 11.9 Å². The molecule has 1 aliphatic carbocycles. The Labute approximate surface area is 124 Å². The fourth-order valence-corrected chi connectivity index (χ4v) is 3.05. The van der Waals surface area contributed by atoms with Crippen LogP contribution in [0.4, 0.5) is 0 Å². The van der Waals surface area contributed by atoms with E-state index in [1.165, 1.54) is 24.8 Å². The Kier molecular flexibility index (Phi) is 4.60. The van der Waals surface area contributed by atoms with Gasteiger partial charge in [0.2, 0.25) is 0 Å². The lowest BCUT2D eigenvalue weighted by atomic mass is 9.64. The quantitative estimate of drug-likeness (QED) is 0.844. The van der Waals surface area contributed by atoms with Crippen LogP contribution in [0.3, 0.4) is 0 Å². The summed E-state index contributed by atoms with van der Waals surface area (Å²) in [5.74, 6) is -0.739. The molecule has 0 radical (unpaired) electrons. The van der Waals surface area contributed by atoms with Crippen LogP contribution in [-0.2, 0) is 0 Å². The van der Waals surface area contributed by atoms with E-state index in [-0.39, 0.29) is 17.0 Å². The lowest BCUT2D eigenvalue weighted by Gasteiger charge is -2.43. The summed E-state index contributed by atoms with van der Waals surface area (Å²) in [6.45, 7) is 5.06. The number of carbonyl (C=O) groups is 2. The molecule has 21 heavy (non-hydrogen) atoms. The highest BCUT2D eigenvalue weighted by Gasteiger charge is 2.37. The number of nitrogens with one attached hydrogen (secondary N) is 1. The second-order valence-corrected chi connectivity index (χ2v) is 6.37. The standard InChI is InChI=1S/C16H22N2O3/c1-11(2)9-16(5-3-6-16)10-18-14(19)12-4-7-17-13(8-12)15(20)21/h4,7-8,11H,3,5-6,9-10H2,1-2H3,(H,18,19)(H,20,21). The molecule has 1 aliphatic rings. The first-order chi connectivity index (χ1) is 9.92. The Morgan fingerprint density at radius 1 is 1.43 bits per heavy atom. The third kappa shape index (κ3) is 3.80. The molecule has 1 saturated carbocycles. The Bertz CT molecular complexity index is 536. The maximum absolute atomic E-state index is 12.2. The number of rotatable bonds is 6. The highest BCUT2D eigenvalue weighted by Crippen LogP contribution is 2.45. The highest BCUT2D eigenvalue weighted by molar-refractivity contribution is 5.96. The van der Waals surface area contributed by atoms with Gasteiger partial charge in [0.15, 0.2) is 0 Å². The van der Waals surface area contributed by atoms with Gasteiger partial charge in [-0.05, 0) is 42.7 Å². The van der Waals surface area contributed by atoms with Crippen LogP contribution >= 0.6 is 0 Å². The summed E-state index contributed by atoms with van der Waals surface area (Å²) in [6, 6.07) is 2.85. The van der Waals surface area contributed by atoms with Crippen LogP contribution in [0.1, 0.15) is 60.4 Å². The van der Waals surface area contributed by atoms with Crippen molar-refractivity contribution in [2.45, 2.75) is 39.5 Å². The van der Waals surface area contributed by atoms with Gasteiger partial charge in [0, 0.05) is 18.3 Å². The van der Waals surface area contributed by atoms with E-state index < -0.39 is 5.97 Å². The minimum absolute atomic E-state index is 0.108. The summed E-state index contributed by atoms with van der Waals surface area (Å²) in [7, 11) is 0. The van der Waals surface area contributed by atoms with Crippen LogP contribution in [0.15, 0.2) is 18.3 Å². The third-order valence-electron chi connectivity index (χ3n) is 4.12. The van der Waals surface area contributed by atoms with E-state index in [4.69, 9.17) is 5.11 Å². The maximum atomic E-state index is 12.2. The fourth-order valence-electron chi connectivity index (χ4n) is 3.05. The molecule has 1 fully saturated rings. The molecule has 0 atom stereocenters. The molecule has 0 aliphatic heterocycles. The molecular formula is C16H22N2O3. The zero-order valence-electron chi connectivity index (χ0n) is 12.6. The Hall–Kier alpha value is -1.91. The average Bonchev–Trinajstić information content (AvgIpc) is 2.41. The van der Waals surface area contributed by atoms with E-state index in [0.717, 1.165) is 19.3 Å². The van der Waals surface area contributed by atoms with E-state index in [1.54, 1.807) is 0 Å². The van der Waals surface area contributed by atoms with Gasteiger partial charge >= 0.3 is 5.97 Å². The minimum Gasteiger partial charge on any atom is -0.477 e. The predicted octanol–water partition coefficient (Wildman–Crippen LogP) is 2.73. The van der Waals surface area contributed by atoms with Crippen molar-refractivity contribution in [3.8, 4) is 0 Å². The molecular weight excluding hydrogens is 268 g/mol. The van der Waals surface area contributed by atoms with Gasteiger partial charge in [-0.15, -0.1) is 0 Å². The zero-order valence-corrected chi connectivity index (χ0v) is 12.6. The number of nitrogens with zero attached hydrogens (tertiary/aromatic N) is 1. The second-order valence-electron chi connectivity index (χ2n) is 6.37. The van der Waals surface area contributed by atoms with Crippen LogP contribution < -0.4 is 5.32 Å². The largest absolute Gasteiger partial charge is 0.477 e. The smallest absolute Gasteiger partial charge is 0.354 e. The number of aromatic carboxylic acids is 1. The molecule has 1 aromatic heterocycles. The molecule has 0 spiro atoms. The number of amides is 1. The van der Waals surface area contributed by atoms with E-state index in [9.17, 15) is 9.59 Å². The predicted molar refractivity (Wildman–Crippen MR) is 79.3 cm³/mol. The summed E-state index contributed by atoms with van der Waals surface area (Å²) >= 11 is 0. The van der Waals surface area contributed by atoms with Gasteiger partial charge in [0.05, 0.1) is 0 Å². The lowest BCUT2D eigenvalue weighted by molar-refractivity contribution is 0.0690. The summed E-state index contributed by atoms with van der Waals surface area (Å²) in [6.07, 6.45) is 6.00. The topological polar surface area (TPSA) is 79.3 Å². The van der Waals surface area contributed by atoms with Crippen molar-refractivity contribution in [3.05, 3.63) is 29.6 Å². The van der Waals surface area contributed by atoms with E-state index in [2.05, 4.69) is 24.1 Å². The van der Waals surface area contributed by atoms with E-state index in [1.807, 2.05) is 0 Å². The van der Waals surface area contributed by atoms with Gasteiger partial charge in [-0.1, -0.05) is 20.3 Å². The fraction of sp³-hybridized carbons (Fsp3) is 0.562. The Balaban J connectivity index is 1.98. The molecule has 0 bridgehead atoms. The summed E-state index contributed by atoms with van der Waals surface area (Å²) in [4.78, 5) is 26.8. The van der Waals surface area contributed by atoms with Crippen LogP contribution in [-0.4, -0.2) is 28.5 Å². The van der Waals surface area contributed by atoms with Gasteiger partial charge in [0.25, 0.3) is 5.91 Å². The first kappa shape index (κ1) is 15.5.